The van der Waals surface area contributed by atoms with Gasteiger partial charge in [-0.2, -0.15) is 0 Å². The number of rotatable bonds is 2. The van der Waals surface area contributed by atoms with Gasteiger partial charge in [0, 0.05) is 31.7 Å². The minimum absolute atomic E-state index is 0.335. The molecule has 2 rings (SSSR count). The number of allylic oxidation sites excluding steroid dienone is 1. The number of piperazine rings is 1. The highest BCUT2D eigenvalue weighted by atomic mass is 15.2. The van der Waals surface area contributed by atoms with Crippen LogP contribution in [0.5, 0.6) is 0 Å². The lowest BCUT2D eigenvalue weighted by molar-refractivity contribution is 0.101. The summed E-state index contributed by atoms with van der Waals surface area (Å²) >= 11 is 0. The Hall–Kier alpha value is -0.340. The summed E-state index contributed by atoms with van der Waals surface area (Å²) in [6.45, 7) is 9.36. The van der Waals surface area contributed by atoms with Gasteiger partial charge >= 0.3 is 0 Å². The van der Waals surface area contributed by atoms with Crippen LogP contribution in [0.1, 0.15) is 33.1 Å². The fourth-order valence-corrected chi connectivity index (χ4v) is 2.44. The van der Waals surface area contributed by atoms with E-state index < -0.39 is 0 Å². The maximum absolute atomic E-state index is 3.47. The Morgan fingerprint density at radius 2 is 2.36 bits per heavy atom. The molecule has 2 aliphatic rings. The van der Waals surface area contributed by atoms with E-state index in [-0.39, 0.29) is 0 Å². The summed E-state index contributed by atoms with van der Waals surface area (Å²) in [5.41, 5.74) is 2.00. The summed E-state index contributed by atoms with van der Waals surface area (Å²) < 4.78 is 0. The van der Waals surface area contributed by atoms with Crippen molar-refractivity contribution in [2.45, 2.75) is 38.6 Å². The van der Waals surface area contributed by atoms with Crippen LogP contribution in [0.2, 0.25) is 0 Å². The molecule has 0 bridgehead atoms. The van der Waals surface area contributed by atoms with Crippen LogP contribution >= 0.6 is 0 Å². The Labute approximate surface area is 87.4 Å². The topological polar surface area (TPSA) is 15.3 Å². The summed E-state index contributed by atoms with van der Waals surface area (Å²) in [5, 5.41) is 3.47. The van der Waals surface area contributed by atoms with Crippen molar-refractivity contribution in [1.29, 1.82) is 0 Å². The average molecular weight is 194 g/mol. The van der Waals surface area contributed by atoms with Gasteiger partial charge in [0.2, 0.25) is 0 Å². The van der Waals surface area contributed by atoms with E-state index in [4.69, 9.17) is 0 Å². The number of hydrogen-bond acceptors (Lipinski definition) is 2. The van der Waals surface area contributed by atoms with Crippen molar-refractivity contribution in [2.75, 3.05) is 26.2 Å². The van der Waals surface area contributed by atoms with E-state index in [1.165, 1.54) is 32.4 Å². The first kappa shape index (κ1) is 10.2. The van der Waals surface area contributed by atoms with E-state index in [0.29, 0.717) is 5.54 Å². The van der Waals surface area contributed by atoms with Gasteiger partial charge in [0.1, 0.15) is 0 Å². The van der Waals surface area contributed by atoms with Gasteiger partial charge in [-0.3, -0.25) is 4.90 Å². The molecule has 0 saturated carbocycles. The number of nitrogens with one attached hydrogen (secondary N) is 1. The molecule has 0 radical (unpaired) electrons. The monoisotopic (exact) mass is 194 g/mol. The van der Waals surface area contributed by atoms with Crippen LogP contribution in [-0.4, -0.2) is 36.6 Å². The van der Waals surface area contributed by atoms with Crippen molar-refractivity contribution in [3.8, 4) is 0 Å². The van der Waals surface area contributed by atoms with E-state index in [1.54, 1.807) is 5.57 Å². The second kappa shape index (κ2) is 4.03. The fourth-order valence-electron chi connectivity index (χ4n) is 2.44. The molecule has 0 atom stereocenters. The molecule has 2 heteroatoms. The molecule has 1 fully saturated rings. The number of nitrogens with zero attached hydrogens (tertiary/aromatic N) is 1. The Bertz CT molecular complexity index is 230. The third kappa shape index (κ3) is 2.18. The van der Waals surface area contributed by atoms with Gasteiger partial charge in [0.15, 0.2) is 0 Å². The van der Waals surface area contributed by atoms with Crippen molar-refractivity contribution in [2.24, 2.45) is 0 Å². The van der Waals surface area contributed by atoms with Crippen molar-refractivity contribution < 1.29 is 0 Å². The van der Waals surface area contributed by atoms with E-state index in [2.05, 4.69) is 30.1 Å². The molecular formula is C12H22N2. The molecule has 0 aromatic rings. The Kier molecular flexibility index (Phi) is 2.93. The summed E-state index contributed by atoms with van der Waals surface area (Å²) in [6.07, 6.45) is 6.46. The zero-order chi connectivity index (χ0) is 10.0. The predicted molar refractivity (Wildman–Crippen MR) is 60.5 cm³/mol. The number of hydrogen-bond donors (Lipinski definition) is 1. The lowest BCUT2D eigenvalue weighted by Gasteiger charge is -2.43. The molecule has 0 aromatic carbocycles. The minimum atomic E-state index is 0.335. The normalized spacial score (nSPS) is 27.7. The molecule has 0 amide bonds. The van der Waals surface area contributed by atoms with Crippen LogP contribution in [0.25, 0.3) is 0 Å². The molecule has 1 aliphatic heterocycles. The van der Waals surface area contributed by atoms with Crippen LogP contribution in [-0.2, 0) is 0 Å². The molecule has 2 nitrogen and oxygen atoms in total. The molecule has 1 aliphatic carbocycles. The molecular weight excluding hydrogens is 172 g/mol. The maximum Gasteiger partial charge on any atom is 0.0281 e. The summed E-state index contributed by atoms with van der Waals surface area (Å²) in [5.74, 6) is 0. The molecule has 14 heavy (non-hydrogen) atoms. The second-order valence-corrected chi connectivity index (χ2v) is 5.17. The molecule has 0 aromatic heterocycles. The highest BCUT2D eigenvalue weighted by molar-refractivity contribution is 5.11. The lowest BCUT2D eigenvalue weighted by atomic mass is 9.99. The van der Waals surface area contributed by atoms with Gasteiger partial charge in [0.05, 0.1) is 0 Å². The van der Waals surface area contributed by atoms with Crippen molar-refractivity contribution in [3.05, 3.63) is 11.6 Å². The molecule has 0 unspecified atom stereocenters. The maximum atomic E-state index is 3.47. The standard InChI is InChI=1S/C12H22N2/c1-12(2)10-13-7-8-14(12)9-11-5-3-4-6-11/h5,13H,3-4,6-10H2,1-2H3. The van der Waals surface area contributed by atoms with Crippen LogP contribution in [0.4, 0.5) is 0 Å². The van der Waals surface area contributed by atoms with Gasteiger partial charge in [-0.05, 0) is 33.1 Å². The predicted octanol–water partition coefficient (Wildman–Crippen LogP) is 1.78. The van der Waals surface area contributed by atoms with E-state index in [9.17, 15) is 0 Å². The third-order valence-electron chi connectivity index (χ3n) is 3.50. The zero-order valence-corrected chi connectivity index (χ0v) is 9.47. The highest BCUT2D eigenvalue weighted by Gasteiger charge is 2.29. The second-order valence-electron chi connectivity index (χ2n) is 5.17. The van der Waals surface area contributed by atoms with Gasteiger partial charge < -0.3 is 5.32 Å². The van der Waals surface area contributed by atoms with Crippen molar-refractivity contribution >= 4 is 0 Å². The van der Waals surface area contributed by atoms with Gasteiger partial charge in [-0.25, -0.2) is 0 Å². The Balaban J connectivity index is 1.94. The average Bonchev–Trinajstić information content (AvgIpc) is 2.61. The van der Waals surface area contributed by atoms with E-state index in [1.807, 2.05) is 0 Å². The van der Waals surface area contributed by atoms with Crippen LogP contribution < -0.4 is 5.32 Å². The molecule has 1 N–H and O–H groups in total. The molecule has 80 valence electrons. The quantitative estimate of drug-likeness (QED) is 0.674. The lowest BCUT2D eigenvalue weighted by Crippen LogP contribution is -2.58. The largest absolute Gasteiger partial charge is 0.314 e. The first-order valence-electron chi connectivity index (χ1n) is 5.82. The van der Waals surface area contributed by atoms with Gasteiger partial charge in [-0.15, -0.1) is 0 Å². The molecule has 0 spiro atoms. The highest BCUT2D eigenvalue weighted by Crippen LogP contribution is 2.23. The smallest absolute Gasteiger partial charge is 0.0281 e. The fraction of sp³-hybridized carbons (Fsp3) is 0.833. The van der Waals surface area contributed by atoms with E-state index in [0.717, 1.165) is 13.1 Å². The van der Waals surface area contributed by atoms with Crippen LogP contribution in [0.15, 0.2) is 11.6 Å². The molecule has 1 heterocycles. The van der Waals surface area contributed by atoms with Crippen LogP contribution in [0.3, 0.4) is 0 Å². The van der Waals surface area contributed by atoms with E-state index >= 15 is 0 Å². The minimum Gasteiger partial charge on any atom is -0.314 e. The van der Waals surface area contributed by atoms with Gasteiger partial charge in [0.25, 0.3) is 0 Å². The van der Waals surface area contributed by atoms with Crippen molar-refractivity contribution in [1.82, 2.24) is 10.2 Å². The van der Waals surface area contributed by atoms with Crippen LogP contribution in [0, 0.1) is 0 Å². The summed E-state index contributed by atoms with van der Waals surface area (Å²) in [6, 6.07) is 0. The summed E-state index contributed by atoms with van der Waals surface area (Å²) in [4.78, 5) is 2.63. The first-order chi connectivity index (χ1) is 6.68. The molecule has 1 saturated heterocycles. The Morgan fingerprint density at radius 1 is 1.50 bits per heavy atom. The zero-order valence-electron chi connectivity index (χ0n) is 9.47. The van der Waals surface area contributed by atoms with Crippen molar-refractivity contribution in [3.63, 3.8) is 0 Å². The SMILES string of the molecule is CC1(C)CNCCN1CC1=CCCC1. The first-order valence-corrected chi connectivity index (χ1v) is 5.82. The third-order valence-corrected chi connectivity index (χ3v) is 3.50. The Morgan fingerprint density at radius 3 is 3.00 bits per heavy atom. The summed E-state index contributed by atoms with van der Waals surface area (Å²) in [7, 11) is 0. The van der Waals surface area contributed by atoms with Gasteiger partial charge in [-0.1, -0.05) is 11.6 Å².